The average Bonchev–Trinajstić information content (AvgIpc) is 2.42. The minimum atomic E-state index is -0.244. The van der Waals surface area contributed by atoms with Gasteiger partial charge in [0.1, 0.15) is 11.6 Å². The summed E-state index contributed by atoms with van der Waals surface area (Å²) >= 11 is 0. The topological polar surface area (TPSA) is 34.1 Å². The van der Waals surface area contributed by atoms with E-state index >= 15 is 0 Å². The number of ether oxygens (including phenoxy) is 1. The number of hydrogen-bond donors (Lipinski definition) is 1. The Bertz CT molecular complexity index is 473. The third kappa shape index (κ3) is 3.28. The molecule has 0 aliphatic rings. The molecule has 0 radical (unpaired) electrons. The molecule has 1 aromatic heterocycles. The predicted molar refractivity (Wildman–Crippen MR) is 68.9 cm³/mol. The lowest BCUT2D eigenvalue weighted by atomic mass is 10.1. The van der Waals surface area contributed by atoms with Crippen LogP contribution in [-0.4, -0.2) is 18.6 Å². The van der Waals surface area contributed by atoms with E-state index in [0.717, 1.165) is 11.4 Å². The van der Waals surface area contributed by atoms with Gasteiger partial charge in [-0.3, -0.25) is 0 Å². The normalized spacial score (nSPS) is 12.1. The molecule has 0 aliphatic heterocycles. The van der Waals surface area contributed by atoms with Crippen molar-refractivity contribution in [1.29, 1.82) is 0 Å². The number of nitrogens with zero attached hydrogens (tertiary/aromatic N) is 1. The molecule has 18 heavy (non-hydrogen) atoms. The van der Waals surface area contributed by atoms with Crippen LogP contribution in [0.2, 0.25) is 0 Å². The van der Waals surface area contributed by atoms with E-state index in [1.807, 2.05) is 18.2 Å². The third-order valence-corrected chi connectivity index (χ3v) is 2.66. The van der Waals surface area contributed by atoms with Crippen LogP contribution in [0.15, 0.2) is 48.7 Å². The number of pyridine rings is 1. The smallest absolute Gasteiger partial charge is 0.125 e. The molecule has 0 amide bonds. The van der Waals surface area contributed by atoms with Crippen molar-refractivity contribution in [3.05, 3.63) is 60.0 Å². The van der Waals surface area contributed by atoms with Crippen LogP contribution in [0.1, 0.15) is 11.7 Å². The lowest BCUT2D eigenvalue weighted by Crippen LogP contribution is -2.15. The average molecular weight is 246 g/mol. The summed E-state index contributed by atoms with van der Waals surface area (Å²) in [5.74, 6) is 0.549. The molecule has 0 bridgehead atoms. The minimum absolute atomic E-state index is 0.132. The summed E-state index contributed by atoms with van der Waals surface area (Å²) in [4.78, 5) is 4.17. The highest BCUT2D eigenvalue weighted by Crippen LogP contribution is 2.17. The molecule has 3 nitrogen and oxygen atoms in total. The Kier molecular flexibility index (Phi) is 4.25. The molecular weight excluding hydrogens is 231 g/mol. The molecule has 0 saturated heterocycles. The van der Waals surface area contributed by atoms with E-state index in [2.05, 4.69) is 10.3 Å². The van der Waals surface area contributed by atoms with Crippen LogP contribution >= 0.6 is 0 Å². The van der Waals surface area contributed by atoms with Gasteiger partial charge < -0.3 is 10.1 Å². The van der Waals surface area contributed by atoms with E-state index < -0.39 is 0 Å². The molecule has 0 fully saturated rings. The van der Waals surface area contributed by atoms with Gasteiger partial charge in [0, 0.05) is 19.9 Å². The number of halogens is 1. The maximum absolute atomic E-state index is 12.8. The van der Waals surface area contributed by atoms with Crippen molar-refractivity contribution in [2.45, 2.75) is 6.10 Å². The second-order valence-electron chi connectivity index (χ2n) is 3.87. The van der Waals surface area contributed by atoms with Crippen molar-refractivity contribution >= 4 is 5.82 Å². The molecule has 4 heteroatoms. The van der Waals surface area contributed by atoms with Crippen molar-refractivity contribution in [2.75, 3.05) is 19.0 Å². The van der Waals surface area contributed by atoms with Gasteiger partial charge in [0.2, 0.25) is 0 Å². The third-order valence-electron chi connectivity index (χ3n) is 2.66. The number of benzene rings is 1. The fourth-order valence-corrected chi connectivity index (χ4v) is 1.68. The Labute approximate surface area is 106 Å². The summed E-state index contributed by atoms with van der Waals surface area (Å²) in [5, 5.41) is 3.18. The minimum Gasteiger partial charge on any atom is -0.375 e. The van der Waals surface area contributed by atoms with Gasteiger partial charge in [0.15, 0.2) is 0 Å². The van der Waals surface area contributed by atoms with Gasteiger partial charge in [-0.25, -0.2) is 9.37 Å². The fraction of sp³-hybridized carbons (Fsp3) is 0.214. The van der Waals surface area contributed by atoms with Gasteiger partial charge in [0.05, 0.1) is 6.10 Å². The fourth-order valence-electron chi connectivity index (χ4n) is 1.68. The molecule has 0 aliphatic carbocycles. The molecule has 1 aromatic carbocycles. The first kappa shape index (κ1) is 12.5. The van der Waals surface area contributed by atoms with Crippen LogP contribution in [0.5, 0.6) is 0 Å². The SMILES string of the molecule is CO[C@H](CNc1ccccn1)c1ccc(F)cc1. The number of hydrogen-bond acceptors (Lipinski definition) is 3. The number of methoxy groups -OCH3 is 1. The molecule has 1 N–H and O–H groups in total. The van der Waals surface area contributed by atoms with Crippen LogP contribution in [0.25, 0.3) is 0 Å². The summed E-state index contributed by atoms with van der Waals surface area (Å²) in [7, 11) is 1.63. The van der Waals surface area contributed by atoms with E-state index in [9.17, 15) is 4.39 Å². The highest BCUT2D eigenvalue weighted by atomic mass is 19.1. The molecular formula is C14H15FN2O. The molecule has 1 heterocycles. The van der Waals surface area contributed by atoms with E-state index in [-0.39, 0.29) is 11.9 Å². The lowest BCUT2D eigenvalue weighted by molar-refractivity contribution is 0.114. The van der Waals surface area contributed by atoms with Crippen LogP contribution in [0.3, 0.4) is 0 Å². The second-order valence-corrected chi connectivity index (χ2v) is 3.87. The first-order valence-electron chi connectivity index (χ1n) is 5.73. The summed E-state index contributed by atoms with van der Waals surface area (Å²) in [6, 6.07) is 12.0. The second kappa shape index (κ2) is 6.12. The molecule has 0 saturated carbocycles. The Balaban J connectivity index is 1.99. The van der Waals surface area contributed by atoms with Crippen molar-refractivity contribution in [1.82, 2.24) is 4.98 Å². The standard InChI is InChI=1S/C14H15FN2O/c1-18-13(11-5-7-12(15)8-6-11)10-17-14-4-2-3-9-16-14/h2-9,13H,10H2,1H3,(H,16,17)/t13-/m1/s1. The Morgan fingerprint density at radius 3 is 2.61 bits per heavy atom. The summed E-state index contributed by atoms with van der Waals surface area (Å²) in [6.07, 6.45) is 1.59. The van der Waals surface area contributed by atoms with Crippen LogP contribution < -0.4 is 5.32 Å². The Morgan fingerprint density at radius 1 is 1.22 bits per heavy atom. The van der Waals surface area contributed by atoms with Crippen molar-refractivity contribution in [2.24, 2.45) is 0 Å². The Hall–Kier alpha value is -1.94. The molecule has 0 spiro atoms. The number of anilines is 1. The maximum Gasteiger partial charge on any atom is 0.125 e. The van der Waals surface area contributed by atoms with Crippen molar-refractivity contribution in [3.63, 3.8) is 0 Å². The van der Waals surface area contributed by atoms with Gasteiger partial charge in [-0.1, -0.05) is 18.2 Å². The van der Waals surface area contributed by atoms with Gasteiger partial charge in [-0.2, -0.15) is 0 Å². The highest BCUT2D eigenvalue weighted by molar-refractivity contribution is 5.34. The summed E-state index contributed by atoms with van der Waals surface area (Å²) in [5.41, 5.74) is 0.933. The van der Waals surface area contributed by atoms with E-state index in [1.165, 1.54) is 12.1 Å². The highest BCUT2D eigenvalue weighted by Gasteiger charge is 2.10. The van der Waals surface area contributed by atoms with Gasteiger partial charge in [-0.15, -0.1) is 0 Å². The van der Waals surface area contributed by atoms with Gasteiger partial charge >= 0.3 is 0 Å². The van der Waals surface area contributed by atoms with Crippen LogP contribution in [-0.2, 0) is 4.74 Å². The van der Waals surface area contributed by atoms with Crippen molar-refractivity contribution < 1.29 is 9.13 Å². The van der Waals surface area contributed by atoms with Crippen molar-refractivity contribution in [3.8, 4) is 0 Å². The maximum atomic E-state index is 12.8. The Morgan fingerprint density at radius 2 is 2.00 bits per heavy atom. The summed E-state index contributed by atoms with van der Waals surface area (Å²) < 4.78 is 18.2. The zero-order chi connectivity index (χ0) is 12.8. The monoisotopic (exact) mass is 246 g/mol. The zero-order valence-electron chi connectivity index (χ0n) is 10.1. The van der Waals surface area contributed by atoms with E-state index in [1.54, 1.807) is 25.4 Å². The van der Waals surface area contributed by atoms with Crippen LogP contribution in [0.4, 0.5) is 10.2 Å². The molecule has 2 rings (SSSR count). The lowest BCUT2D eigenvalue weighted by Gasteiger charge is -2.16. The number of nitrogens with one attached hydrogen (secondary N) is 1. The number of rotatable bonds is 5. The molecule has 2 aromatic rings. The van der Waals surface area contributed by atoms with E-state index in [4.69, 9.17) is 4.74 Å². The predicted octanol–water partition coefficient (Wildman–Crippen LogP) is 3.02. The molecule has 0 unspecified atom stereocenters. The van der Waals surface area contributed by atoms with E-state index in [0.29, 0.717) is 6.54 Å². The first-order valence-corrected chi connectivity index (χ1v) is 5.73. The first-order chi connectivity index (χ1) is 8.79. The molecule has 1 atom stereocenters. The summed E-state index contributed by atoms with van der Waals surface area (Å²) in [6.45, 7) is 0.582. The molecule has 94 valence electrons. The van der Waals surface area contributed by atoms with Gasteiger partial charge in [0.25, 0.3) is 0 Å². The van der Waals surface area contributed by atoms with Crippen LogP contribution in [0, 0.1) is 5.82 Å². The largest absolute Gasteiger partial charge is 0.375 e. The zero-order valence-corrected chi connectivity index (χ0v) is 10.1. The quantitative estimate of drug-likeness (QED) is 0.880. The number of aromatic nitrogens is 1. The van der Waals surface area contributed by atoms with Gasteiger partial charge in [-0.05, 0) is 29.8 Å².